The van der Waals surface area contributed by atoms with Crippen molar-refractivity contribution in [2.75, 3.05) is 6.54 Å². The predicted molar refractivity (Wildman–Crippen MR) is 117 cm³/mol. The van der Waals surface area contributed by atoms with Gasteiger partial charge in [-0.1, -0.05) is 65.8 Å². The average Bonchev–Trinajstić information content (AvgIpc) is 3.17. The number of aryl methyl sites for hydroxylation is 1. The van der Waals surface area contributed by atoms with Crippen molar-refractivity contribution in [1.82, 2.24) is 15.0 Å². The minimum Gasteiger partial charge on any atom is -0.370 e. The van der Waals surface area contributed by atoms with E-state index in [1.165, 1.54) is 0 Å². The van der Waals surface area contributed by atoms with E-state index in [1.807, 2.05) is 60.7 Å². The van der Waals surface area contributed by atoms with Crippen LogP contribution in [0, 0.1) is 6.92 Å². The summed E-state index contributed by atoms with van der Waals surface area (Å²) < 4.78 is 5.39. The molecule has 2 amide bonds. The minimum atomic E-state index is -0.461. The summed E-state index contributed by atoms with van der Waals surface area (Å²) in [6.45, 7) is 2.33. The zero-order valence-corrected chi connectivity index (χ0v) is 17.1. The fraction of sp³-hybridized carbons (Fsp3) is 0.167. The highest BCUT2D eigenvalue weighted by atomic mass is 16.5. The fourth-order valence-electron chi connectivity index (χ4n) is 3.49. The van der Waals surface area contributed by atoms with Crippen molar-refractivity contribution in [3.63, 3.8) is 0 Å². The van der Waals surface area contributed by atoms with Gasteiger partial charge in [0.25, 0.3) is 11.6 Å². The summed E-state index contributed by atoms with van der Waals surface area (Å²) in [6.07, 6.45) is 0.0704. The molecule has 2 aromatic heterocycles. The molecule has 0 unspecified atom stereocenters. The first-order valence-electron chi connectivity index (χ1n) is 9.97. The summed E-state index contributed by atoms with van der Waals surface area (Å²) in [4.78, 5) is 31.3. The van der Waals surface area contributed by atoms with Crippen molar-refractivity contribution < 1.29 is 14.1 Å². The topological polar surface area (TPSA) is 102 Å². The lowest BCUT2D eigenvalue weighted by Crippen LogP contribution is -2.34. The molecule has 0 fully saturated rings. The number of pyridine rings is 1. The van der Waals surface area contributed by atoms with E-state index in [4.69, 9.17) is 10.3 Å². The molecule has 0 saturated carbocycles. The van der Waals surface area contributed by atoms with Gasteiger partial charge >= 0.3 is 0 Å². The number of nitrogens with two attached hydrogens (primary N) is 1. The highest BCUT2D eigenvalue weighted by Gasteiger charge is 2.24. The van der Waals surface area contributed by atoms with Crippen LogP contribution in [-0.2, 0) is 11.3 Å². The van der Waals surface area contributed by atoms with Crippen LogP contribution in [-0.4, -0.2) is 33.4 Å². The van der Waals surface area contributed by atoms with Crippen LogP contribution < -0.4 is 5.73 Å². The lowest BCUT2D eigenvalue weighted by Gasteiger charge is -2.23. The highest BCUT2D eigenvalue weighted by molar-refractivity contribution is 6.07. The average molecular weight is 414 g/mol. The third kappa shape index (κ3) is 4.45. The third-order valence-electron chi connectivity index (χ3n) is 5.05. The molecular formula is C24H22N4O3. The van der Waals surface area contributed by atoms with Crippen molar-refractivity contribution in [3.8, 4) is 11.3 Å². The summed E-state index contributed by atoms with van der Waals surface area (Å²) in [5.41, 5.74) is 9.11. The van der Waals surface area contributed by atoms with Crippen LogP contribution in [0.1, 0.15) is 28.0 Å². The number of aromatic nitrogens is 2. The number of hydrogen-bond acceptors (Lipinski definition) is 5. The van der Waals surface area contributed by atoms with Gasteiger partial charge in [-0.3, -0.25) is 9.59 Å². The summed E-state index contributed by atoms with van der Waals surface area (Å²) in [6, 6.07) is 20.9. The largest absolute Gasteiger partial charge is 0.370 e. The van der Waals surface area contributed by atoms with E-state index >= 15 is 0 Å². The lowest BCUT2D eigenvalue weighted by molar-refractivity contribution is -0.118. The molecule has 0 spiro atoms. The zero-order chi connectivity index (χ0) is 21.8. The van der Waals surface area contributed by atoms with Crippen molar-refractivity contribution in [3.05, 3.63) is 83.6 Å². The molecular weight excluding hydrogens is 392 g/mol. The molecule has 0 saturated heterocycles. The molecule has 7 heteroatoms. The Morgan fingerprint density at radius 1 is 1.03 bits per heavy atom. The van der Waals surface area contributed by atoms with Gasteiger partial charge in [0, 0.05) is 25.1 Å². The van der Waals surface area contributed by atoms with E-state index in [9.17, 15) is 9.59 Å². The second kappa shape index (κ2) is 8.79. The Hall–Kier alpha value is -4.00. The molecule has 0 aliphatic carbocycles. The second-order valence-electron chi connectivity index (χ2n) is 7.30. The predicted octanol–water partition coefficient (Wildman–Crippen LogP) is 3.72. The van der Waals surface area contributed by atoms with Gasteiger partial charge in [0.1, 0.15) is 0 Å². The van der Waals surface area contributed by atoms with Crippen molar-refractivity contribution in [1.29, 1.82) is 0 Å². The molecule has 4 rings (SSSR count). The van der Waals surface area contributed by atoms with Crippen LogP contribution >= 0.6 is 0 Å². The first-order chi connectivity index (χ1) is 15.0. The van der Waals surface area contributed by atoms with Crippen molar-refractivity contribution in [2.24, 2.45) is 5.73 Å². The molecule has 2 heterocycles. The molecule has 0 aliphatic heterocycles. The Labute approximate surface area is 179 Å². The van der Waals surface area contributed by atoms with Crippen LogP contribution in [0.4, 0.5) is 0 Å². The van der Waals surface area contributed by atoms with Crippen LogP contribution in [0.15, 0.2) is 71.3 Å². The number of primary amides is 1. The zero-order valence-electron chi connectivity index (χ0n) is 17.1. The first-order valence-corrected chi connectivity index (χ1v) is 9.97. The maximum Gasteiger partial charge on any atom is 0.259 e. The number of fused-ring (bicyclic) bond motifs is 1. The number of hydrogen-bond donors (Lipinski definition) is 1. The van der Waals surface area contributed by atoms with Gasteiger partial charge in [0.15, 0.2) is 0 Å². The number of rotatable bonds is 7. The monoisotopic (exact) mass is 414 g/mol. The molecule has 0 atom stereocenters. The number of carbonyl (C=O) groups is 2. The van der Waals surface area contributed by atoms with Crippen molar-refractivity contribution >= 4 is 22.9 Å². The Balaban J connectivity index is 1.78. The molecule has 0 aliphatic rings. The van der Waals surface area contributed by atoms with Gasteiger partial charge in [0.2, 0.25) is 5.91 Å². The Kier molecular flexibility index (Phi) is 5.75. The van der Waals surface area contributed by atoms with Gasteiger partial charge in [-0.2, -0.15) is 0 Å². The van der Waals surface area contributed by atoms with Crippen molar-refractivity contribution in [2.45, 2.75) is 19.9 Å². The quantitative estimate of drug-likeness (QED) is 0.497. The summed E-state index contributed by atoms with van der Waals surface area (Å²) in [5.74, 6) is -0.696. The van der Waals surface area contributed by atoms with E-state index < -0.39 is 5.91 Å². The molecule has 0 radical (unpaired) electrons. The number of amides is 2. The van der Waals surface area contributed by atoms with Crippen LogP contribution in [0.5, 0.6) is 0 Å². The van der Waals surface area contributed by atoms with Gasteiger partial charge in [-0.15, -0.1) is 0 Å². The van der Waals surface area contributed by atoms with Crippen LogP contribution in [0.2, 0.25) is 0 Å². The van der Waals surface area contributed by atoms with Gasteiger partial charge in [-0.25, -0.2) is 4.98 Å². The summed E-state index contributed by atoms with van der Waals surface area (Å²) in [5, 5.41) is 4.58. The minimum absolute atomic E-state index is 0.0704. The SMILES string of the molecule is Cc1noc2nc(-c3ccccc3)cc(C(=O)N(CCC(N)=O)Cc3ccccc3)c12. The summed E-state index contributed by atoms with van der Waals surface area (Å²) in [7, 11) is 0. The second-order valence-corrected chi connectivity index (χ2v) is 7.30. The van der Waals surface area contributed by atoms with Crippen LogP contribution in [0.25, 0.3) is 22.4 Å². The Bertz CT molecular complexity index is 1220. The van der Waals surface area contributed by atoms with Gasteiger partial charge in [0.05, 0.1) is 22.3 Å². The van der Waals surface area contributed by atoms with E-state index in [0.29, 0.717) is 34.6 Å². The molecule has 156 valence electrons. The fourth-order valence-corrected chi connectivity index (χ4v) is 3.49. The molecule has 2 aromatic carbocycles. The van der Waals surface area contributed by atoms with E-state index in [2.05, 4.69) is 10.1 Å². The lowest BCUT2D eigenvalue weighted by atomic mass is 10.0. The van der Waals surface area contributed by atoms with E-state index in [-0.39, 0.29) is 18.9 Å². The first kappa shape index (κ1) is 20.3. The standard InChI is InChI=1S/C24H22N4O3/c1-16-22-19(14-20(26-23(22)31-27-16)18-10-6-3-7-11-18)24(30)28(13-12-21(25)29)15-17-8-4-2-5-9-17/h2-11,14H,12-13,15H2,1H3,(H2,25,29). The van der Waals surface area contributed by atoms with Gasteiger partial charge in [-0.05, 0) is 18.6 Å². The number of nitrogens with zero attached hydrogens (tertiary/aromatic N) is 3. The Morgan fingerprint density at radius 3 is 2.39 bits per heavy atom. The number of benzene rings is 2. The normalized spacial score (nSPS) is 10.9. The van der Waals surface area contributed by atoms with Crippen LogP contribution in [0.3, 0.4) is 0 Å². The van der Waals surface area contributed by atoms with E-state index in [0.717, 1.165) is 11.1 Å². The molecule has 31 heavy (non-hydrogen) atoms. The maximum atomic E-state index is 13.7. The highest BCUT2D eigenvalue weighted by Crippen LogP contribution is 2.28. The molecule has 4 aromatic rings. The molecule has 0 bridgehead atoms. The Morgan fingerprint density at radius 2 is 1.71 bits per heavy atom. The molecule has 7 nitrogen and oxygen atoms in total. The summed E-state index contributed by atoms with van der Waals surface area (Å²) >= 11 is 0. The molecule has 2 N–H and O–H groups in total. The van der Waals surface area contributed by atoms with E-state index in [1.54, 1.807) is 17.9 Å². The third-order valence-corrected chi connectivity index (χ3v) is 5.05. The maximum absolute atomic E-state index is 13.7. The smallest absolute Gasteiger partial charge is 0.259 e. The van der Waals surface area contributed by atoms with Gasteiger partial charge < -0.3 is 15.2 Å². The number of carbonyl (C=O) groups excluding carboxylic acids is 2.